The molecule has 0 aromatic carbocycles. The van der Waals surface area contributed by atoms with E-state index < -0.39 is 0 Å². The highest BCUT2D eigenvalue weighted by Crippen LogP contribution is 2.14. The van der Waals surface area contributed by atoms with Crippen molar-refractivity contribution in [1.29, 1.82) is 0 Å². The minimum absolute atomic E-state index is 0.00407. The number of nitrogens with one attached hydrogen (secondary N) is 1. The third-order valence-corrected chi connectivity index (χ3v) is 2.82. The van der Waals surface area contributed by atoms with Gasteiger partial charge in [0.15, 0.2) is 5.82 Å². The maximum Gasteiger partial charge on any atom is 0.276 e. The molecule has 17 heavy (non-hydrogen) atoms. The zero-order chi connectivity index (χ0) is 12.6. The van der Waals surface area contributed by atoms with Crippen molar-refractivity contribution in [3.63, 3.8) is 0 Å². The van der Waals surface area contributed by atoms with Crippen LogP contribution in [0, 0.1) is 13.8 Å². The van der Waals surface area contributed by atoms with Gasteiger partial charge in [-0.05, 0) is 37.5 Å². The summed E-state index contributed by atoms with van der Waals surface area (Å²) in [5, 5.41) is 3.08. The number of nitrogens with zero attached hydrogens (tertiary/aromatic N) is 2. The van der Waals surface area contributed by atoms with E-state index in [0.29, 0.717) is 5.82 Å². The van der Waals surface area contributed by atoms with E-state index in [1.165, 1.54) is 4.68 Å². The summed E-state index contributed by atoms with van der Waals surface area (Å²) in [6, 6.07) is 3.80. The van der Waals surface area contributed by atoms with E-state index in [0.717, 1.165) is 16.8 Å². The normalized spacial score (nSPS) is 11.1. The van der Waals surface area contributed by atoms with Crippen molar-refractivity contribution in [3.05, 3.63) is 45.5 Å². The second-order valence-electron chi connectivity index (χ2n) is 4.64. The molecular weight excluding hydrogens is 214 g/mol. The molecule has 4 nitrogen and oxygen atoms in total. The van der Waals surface area contributed by atoms with Gasteiger partial charge in [-0.1, -0.05) is 13.8 Å². The molecule has 1 N–H and O–H groups in total. The first kappa shape index (κ1) is 11.6. The number of hydrogen-bond donors (Lipinski definition) is 1. The fourth-order valence-corrected chi connectivity index (χ4v) is 2.04. The van der Waals surface area contributed by atoms with Crippen LogP contribution in [0.4, 0.5) is 0 Å². The molecule has 2 rings (SSSR count). The van der Waals surface area contributed by atoms with Crippen molar-refractivity contribution in [2.75, 3.05) is 0 Å². The molecule has 0 spiro atoms. The number of H-pyrrole nitrogens is 1. The van der Waals surface area contributed by atoms with Gasteiger partial charge in [0.25, 0.3) is 5.56 Å². The van der Waals surface area contributed by atoms with Gasteiger partial charge >= 0.3 is 0 Å². The van der Waals surface area contributed by atoms with Crippen molar-refractivity contribution in [1.82, 2.24) is 14.8 Å². The van der Waals surface area contributed by atoms with Gasteiger partial charge in [0, 0.05) is 17.5 Å². The zero-order valence-corrected chi connectivity index (χ0v) is 10.6. The second-order valence-corrected chi connectivity index (χ2v) is 4.64. The van der Waals surface area contributed by atoms with Crippen molar-refractivity contribution < 1.29 is 0 Å². The van der Waals surface area contributed by atoms with Crippen LogP contribution in [0.15, 0.2) is 23.1 Å². The Morgan fingerprint density at radius 3 is 2.59 bits per heavy atom. The Morgan fingerprint density at radius 1 is 1.35 bits per heavy atom. The molecule has 2 aromatic heterocycles. The Hall–Kier alpha value is -1.84. The summed E-state index contributed by atoms with van der Waals surface area (Å²) in [6.45, 7) is 7.94. The Labute approximate surface area is 100 Å². The van der Waals surface area contributed by atoms with E-state index in [1.807, 2.05) is 39.8 Å². The second kappa shape index (κ2) is 4.20. The highest BCUT2D eigenvalue weighted by molar-refractivity contribution is 5.30. The van der Waals surface area contributed by atoms with Gasteiger partial charge in [0.05, 0.1) is 0 Å². The van der Waals surface area contributed by atoms with Crippen LogP contribution in [0.25, 0.3) is 5.82 Å². The molecule has 0 saturated heterocycles. The molecular formula is C13H17N3O. The van der Waals surface area contributed by atoms with Crippen LogP contribution in [-0.2, 0) is 0 Å². The summed E-state index contributed by atoms with van der Waals surface area (Å²) in [6.07, 6.45) is 1.71. The molecule has 0 radical (unpaired) electrons. The van der Waals surface area contributed by atoms with E-state index in [-0.39, 0.29) is 11.5 Å². The van der Waals surface area contributed by atoms with Crippen molar-refractivity contribution in [3.8, 4) is 5.82 Å². The highest BCUT2D eigenvalue weighted by atomic mass is 16.1. The summed E-state index contributed by atoms with van der Waals surface area (Å²) in [4.78, 5) is 16.5. The molecule has 2 heterocycles. The lowest BCUT2D eigenvalue weighted by Crippen LogP contribution is -2.19. The minimum Gasteiger partial charge on any atom is -0.294 e. The summed E-state index contributed by atoms with van der Waals surface area (Å²) in [5.41, 5.74) is 2.82. The molecule has 0 fully saturated rings. The maximum atomic E-state index is 12.2. The van der Waals surface area contributed by atoms with Crippen molar-refractivity contribution in [2.24, 2.45) is 0 Å². The Morgan fingerprint density at radius 2 is 2.06 bits per heavy atom. The molecule has 0 saturated carbocycles. The molecule has 0 atom stereocenters. The third kappa shape index (κ3) is 2.02. The van der Waals surface area contributed by atoms with Gasteiger partial charge in [-0.25, -0.2) is 9.67 Å². The summed E-state index contributed by atoms with van der Waals surface area (Å²) < 4.78 is 1.51. The van der Waals surface area contributed by atoms with Gasteiger partial charge in [0.1, 0.15) is 0 Å². The standard InChI is InChI=1S/C13H17N3O/c1-8(2)12-10(4)15-16(13(12)17)11-7-9(3)5-6-14-11/h5-8,15H,1-4H3. The van der Waals surface area contributed by atoms with Crippen LogP contribution >= 0.6 is 0 Å². The lowest BCUT2D eigenvalue weighted by Gasteiger charge is -2.01. The maximum absolute atomic E-state index is 12.2. The number of rotatable bonds is 2. The number of pyridine rings is 1. The summed E-state index contributed by atoms with van der Waals surface area (Å²) >= 11 is 0. The van der Waals surface area contributed by atoms with Crippen LogP contribution in [0.3, 0.4) is 0 Å². The Balaban J connectivity index is 2.62. The van der Waals surface area contributed by atoms with Crippen LogP contribution in [0.1, 0.15) is 36.6 Å². The van der Waals surface area contributed by atoms with Gasteiger partial charge in [-0.15, -0.1) is 0 Å². The lowest BCUT2D eigenvalue weighted by atomic mass is 10.1. The van der Waals surface area contributed by atoms with Gasteiger partial charge in [0.2, 0.25) is 0 Å². The molecule has 0 aliphatic rings. The van der Waals surface area contributed by atoms with E-state index in [2.05, 4.69) is 10.1 Å². The van der Waals surface area contributed by atoms with Gasteiger partial charge in [-0.3, -0.25) is 9.89 Å². The first-order chi connectivity index (χ1) is 8.00. The van der Waals surface area contributed by atoms with Crippen molar-refractivity contribution in [2.45, 2.75) is 33.6 Å². The smallest absolute Gasteiger partial charge is 0.276 e. The fourth-order valence-electron chi connectivity index (χ4n) is 2.04. The number of aromatic amines is 1. The SMILES string of the molecule is Cc1ccnc(-n2[nH]c(C)c(C(C)C)c2=O)c1. The van der Waals surface area contributed by atoms with Crippen LogP contribution < -0.4 is 5.56 Å². The first-order valence-corrected chi connectivity index (χ1v) is 5.75. The third-order valence-electron chi connectivity index (χ3n) is 2.82. The lowest BCUT2D eigenvalue weighted by molar-refractivity contribution is 0.799. The molecule has 0 aliphatic carbocycles. The topological polar surface area (TPSA) is 50.7 Å². The van der Waals surface area contributed by atoms with Gasteiger partial charge in [-0.2, -0.15) is 0 Å². The monoisotopic (exact) mass is 231 g/mol. The molecule has 90 valence electrons. The van der Waals surface area contributed by atoms with Crippen LogP contribution in [0.2, 0.25) is 0 Å². The molecule has 0 aliphatic heterocycles. The van der Waals surface area contributed by atoms with Crippen molar-refractivity contribution >= 4 is 0 Å². The van der Waals surface area contributed by atoms with E-state index in [4.69, 9.17) is 0 Å². The average Bonchev–Trinajstić information content (AvgIpc) is 2.54. The predicted octanol–water partition coefficient (Wildman–Crippen LogP) is 2.30. The fraction of sp³-hybridized carbons (Fsp3) is 0.385. The zero-order valence-electron chi connectivity index (χ0n) is 10.6. The van der Waals surface area contributed by atoms with E-state index >= 15 is 0 Å². The predicted molar refractivity (Wildman–Crippen MR) is 67.7 cm³/mol. The Kier molecular flexibility index (Phi) is 2.88. The number of aromatic nitrogens is 3. The Bertz CT molecular complexity index is 593. The quantitative estimate of drug-likeness (QED) is 0.862. The average molecular weight is 231 g/mol. The summed E-state index contributed by atoms with van der Waals surface area (Å²) in [5.74, 6) is 0.856. The first-order valence-electron chi connectivity index (χ1n) is 5.75. The minimum atomic E-state index is -0.00407. The molecule has 0 unspecified atom stereocenters. The number of aryl methyl sites for hydroxylation is 2. The largest absolute Gasteiger partial charge is 0.294 e. The molecule has 2 aromatic rings. The molecule has 0 bridgehead atoms. The number of hydrogen-bond acceptors (Lipinski definition) is 2. The van der Waals surface area contributed by atoms with Crippen LogP contribution in [0.5, 0.6) is 0 Å². The highest BCUT2D eigenvalue weighted by Gasteiger charge is 2.15. The van der Waals surface area contributed by atoms with E-state index in [9.17, 15) is 4.79 Å². The summed E-state index contributed by atoms with van der Waals surface area (Å²) in [7, 11) is 0. The van der Waals surface area contributed by atoms with E-state index in [1.54, 1.807) is 6.20 Å². The molecule has 4 heteroatoms. The molecule has 0 amide bonds. The van der Waals surface area contributed by atoms with Gasteiger partial charge < -0.3 is 0 Å². The van der Waals surface area contributed by atoms with Crippen LogP contribution in [-0.4, -0.2) is 14.8 Å².